The Hall–Kier alpha value is -1.30. The van der Waals surface area contributed by atoms with E-state index in [1.807, 2.05) is 0 Å². The van der Waals surface area contributed by atoms with Crippen molar-refractivity contribution in [2.75, 3.05) is 0 Å². The number of hydrogen-bond donors (Lipinski definition) is 0. The highest BCUT2D eigenvalue weighted by Gasteiger charge is 2.44. The maximum Gasteiger partial charge on any atom is 0.501 e. The molecular formula is C10H9F3O2S. The summed E-state index contributed by atoms with van der Waals surface area (Å²) in [7, 11) is -5.21. The SMILES string of the molecule is C/C(=C\S(=O)(=O)C(F)(F)F)c1ccccc1. The maximum atomic E-state index is 12.1. The van der Waals surface area contributed by atoms with Crippen LogP contribution in [0.1, 0.15) is 12.5 Å². The van der Waals surface area contributed by atoms with Gasteiger partial charge in [-0.3, -0.25) is 0 Å². The molecule has 0 aliphatic rings. The molecule has 1 aromatic rings. The number of sulfone groups is 1. The van der Waals surface area contributed by atoms with E-state index in [0.29, 0.717) is 5.56 Å². The standard InChI is InChI=1S/C10H9F3O2S/c1-8(9-5-3-2-4-6-9)7-16(14,15)10(11,12)13/h2-7H,1H3/b8-7+. The van der Waals surface area contributed by atoms with Crippen molar-refractivity contribution in [3.05, 3.63) is 41.3 Å². The van der Waals surface area contributed by atoms with Crippen molar-refractivity contribution in [2.45, 2.75) is 12.4 Å². The van der Waals surface area contributed by atoms with Gasteiger partial charge in [-0.05, 0) is 18.1 Å². The van der Waals surface area contributed by atoms with Crippen LogP contribution in [0, 0.1) is 0 Å². The van der Waals surface area contributed by atoms with Crippen molar-refractivity contribution in [2.24, 2.45) is 0 Å². The van der Waals surface area contributed by atoms with Crippen LogP contribution in [-0.2, 0) is 9.84 Å². The second kappa shape index (κ2) is 4.29. The number of benzene rings is 1. The Morgan fingerprint density at radius 2 is 1.69 bits per heavy atom. The van der Waals surface area contributed by atoms with Gasteiger partial charge in [0.1, 0.15) is 0 Å². The molecule has 0 saturated heterocycles. The van der Waals surface area contributed by atoms with Gasteiger partial charge in [0.15, 0.2) is 0 Å². The fourth-order valence-corrected chi connectivity index (χ4v) is 1.80. The van der Waals surface area contributed by atoms with Crippen LogP contribution in [0.15, 0.2) is 35.7 Å². The number of allylic oxidation sites excluding steroid dienone is 1. The van der Waals surface area contributed by atoms with Gasteiger partial charge >= 0.3 is 5.51 Å². The molecule has 6 heteroatoms. The number of hydrogen-bond acceptors (Lipinski definition) is 2. The van der Waals surface area contributed by atoms with E-state index in [9.17, 15) is 21.6 Å². The Labute approximate surface area is 91.3 Å². The highest BCUT2D eigenvalue weighted by atomic mass is 32.2. The van der Waals surface area contributed by atoms with Gasteiger partial charge in [-0.15, -0.1) is 0 Å². The van der Waals surface area contributed by atoms with E-state index in [1.54, 1.807) is 18.2 Å². The molecule has 0 heterocycles. The summed E-state index contributed by atoms with van der Waals surface area (Å²) in [6.07, 6.45) is 0. The molecule has 0 atom stereocenters. The molecule has 0 saturated carbocycles. The topological polar surface area (TPSA) is 34.1 Å². The van der Waals surface area contributed by atoms with Crippen molar-refractivity contribution in [3.63, 3.8) is 0 Å². The highest BCUT2D eigenvalue weighted by Crippen LogP contribution is 2.27. The summed E-state index contributed by atoms with van der Waals surface area (Å²) in [6, 6.07) is 8.00. The quantitative estimate of drug-likeness (QED) is 0.808. The first-order valence-corrected chi connectivity index (χ1v) is 5.84. The Morgan fingerprint density at radius 3 is 2.12 bits per heavy atom. The van der Waals surface area contributed by atoms with Crippen LogP contribution in [0.3, 0.4) is 0 Å². The molecule has 1 aromatic carbocycles. The average Bonchev–Trinajstić information content (AvgIpc) is 2.16. The molecule has 0 aliphatic carbocycles. The fourth-order valence-electron chi connectivity index (χ4n) is 1.07. The van der Waals surface area contributed by atoms with Crippen LogP contribution in [0.2, 0.25) is 0 Å². The van der Waals surface area contributed by atoms with Gasteiger partial charge in [-0.1, -0.05) is 30.3 Å². The summed E-state index contributed by atoms with van der Waals surface area (Å²) in [5.41, 5.74) is -4.75. The lowest BCUT2D eigenvalue weighted by Gasteiger charge is -2.05. The van der Waals surface area contributed by atoms with Crippen molar-refractivity contribution < 1.29 is 21.6 Å². The molecule has 0 fully saturated rings. The number of alkyl halides is 3. The van der Waals surface area contributed by atoms with Gasteiger partial charge < -0.3 is 0 Å². The first-order valence-electron chi connectivity index (χ1n) is 4.29. The average molecular weight is 250 g/mol. The monoisotopic (exact) mass is 250 g/mol. The zero-order valence-corrected chi connectivity index (χ0v) is 9.14. The smallest absolute Gasteiger partial charge is 0.215 e. The zero-order chi connectivity index (χ0) is 12.4. The van der Waals surface area contributed by atoms with Crippen LogP contribution in [0.4, 0.5) is 13.2 Å². The normalized spacial score (nSPS) is 13.9. The predicted molar refractivity (Wildman–Crippen MR) is 55.1 cm³/mol. The summed E-state index contributed by atoms with van der Waals surface area (Å²) in [5.74, 6) is 0. The first-order chi connectivity index (χ1) is 7.24. The van der Waals surface area contributed by atoms with Crippen molar-refractivity contribution in [1.29, 1.82) is 0 Å². The summed E-state index contributed by atoms with van der Waals surface area (Å²) < 4.78 is 57.9. The van der Waals surface area contributed by atoms with Crippen LogP contribution >= 0.6 is 0 Å². The minimum atomic E-state index is -5.25. The molecule has 0 amide bonds. The van der Waals surface area contributed by atoms with E-state index in [4.69, 9.17) is 0 Å². The third-order valence-corrected chi connectivity index (χ3v) is 3.19. The number of halogens is 3. The Morgan fingerprint density at radius 1 is 1.19 bits per heavy atom. The molecule has 0 unspecified atom stereocenters. The minimum absolute atomic E-state index is 0.0536. The van der Waals surface area contributed by atoms with E-state index in [-0.39, 0.29) is 11.0 Å². The van der Waals surface area contributed by atoms with Crippen molar-refractivity contribution in [3.8, 4) is 0 Å². The Kier molecular flexibility index (Phi) is 3.42. The molecular weight excluding hydrogens is 241 g/mol. The summed E-state index contributed by atoms with van der Waals surface area (Å²) in [5, 5.41) is 0.238. The van der Waals surface area contributed by atoms with Crippen molar-refractivity contribution >= 4 is 15.4 Å². The molecule has 88 valence electrons. The zero-order valence-electron chi connectivity index (χ0n) is 8.32. The van der Waals surface area contributed by atoms with Crippen LogP contribution in [-0.4, -0.2) is 13.9 Å². The molecule has 0 bridgehead atoms. The van der Waals surface area contributed by atoms with E-state index >= 15 is 0 Å². The molecule has 0 N–H and O–H groups in total. The fraction of sp³-hybridized carbons (Fsp3) is 0.200. The molecule has 0 aliphatic heterocycles. The van der Waals surface area contributed by atoms with E-state index in [0.717, 1.165) is 0 Å². The Bertz CT molecular complexity index is 487. The summed E-state index contributed by atoms with van der Waals surface area (Å²) in [4.78, 5) is 0. The molecule has 16 heavy (non-hydrogen) atoms. The van der Waals surface area contributed by atoms with Gasteiger partial charge in [-0.2, -0.15) is 13.2 Å². The van der Waals surface area contributed by atoms with Gasteiger partial charge in [0.25, 0.3) is 9.84 Å². The molecule has 0 spiro atoms. The number of rotatable bonds is 2. The second-order valence-corrected chi connectivity index (χ2v) is 4.95. The molecule has 0 radical (unpaired) electrons. The van der Waals surface area contributed by atoms with Crippen LogP contribution < -0.4 is 0 Å². The Balaban J connectivity index is 3.13. The lowest BCUT2D eigenvalue weighted by Crippen LogP contribution is -2.20. The molecule has 2 nitrogen and oxygen atoms in total. The van der Waals surface area contributed by atoms with Crippen molar-refractivity contribution in [1.82, 2.24) is 0 Å². The lowest BCUT2D eigenvalue weighted by atomic mass is 10.1. The van der Waals surface area contributed by atoms with Gasteiger partial charge in [0, 0.05) is 5.41 Å². The predicted octanol–water partition coefficient (Wildman–Crippen LogP) is 2.98. The third-order valence-electron chi connectivity index (χ3n) is 1.88. The second-order valence-electron chi connectivity index (χ2n) is 3.16. The van der Waals surface area contributed by atoms with Gasteiger partial charge in [0.2, 0.25) is 0 Å². The van der Waals surface area contributed by atoms with Crippen LogP contribution in [0.5, 0.6) is 0 Å². The summed E-state index contributed by atoms with van der Waals surface area (Å²) >= 11 is 0. The van der Waals surface area contributed by atoms with E-state index < -0.39 is 15.3 Å². The first kappa shape index (κ1) is 12.8. The lowest BCUT2D eigenvalue weighted by molar-refractivity contribution is -0.0423. The van der Waals surface area contributed by atoms with E-state index in [1.165, 1.54) is 19.1 Å². The van der Waals surface area contributed by atoms with Gasteiger partial charge in [-0.25, -0.2) is 8.42 Å². The van der Waals surface area contributed by atoms with Crippen LogP contribution in [0.25, 0.3) is 5.57 Å². The summed E-state index contributed by atoms with van der Waals surface area (Å²) in [6.45, 7) is 1.32. The highest BCUT2D eigenvalue weighted by molar-refractivity contribution is 7.95. The minimum Gasteiger partial charge on any atom is -0.215 e. The largest absolute Gasteiger partial charge is 0.501 e. The van der Waals surface area contributed by atoms with Gasteiger partial charge in [0.05, 0.1) is 0 Å². The van der Waals surface area contributed by atoms with E-state index in [2.05, 4.69) is 0 Å². The maximum absolute atomic E-state index is 12.1. The third kappa shape index (κ3) is 2.85. The molecule has 0 aromatic heterocycles. The molecule has 1 rings (SSSR count).